The summed E-state index contributed by atoms with van der Waals surface area (Å²) < 4.78 is 13.8. The Morgan fingerprint density at radius 1 is 1.05 bits per heavy atom. The van der Waals surface area contributed by atoms with E-state index in [1.165, 1.54) is 23.6 Å². The predicted molar refractivity (Wildman–Crippen MR) is 84.8 cm³/mol. The van der Waals surface area contributed by atoms with E-state index in [0.29, 0.717) is 5.56 Å². The molecule has 0 saturated heterocycles. The van der Waals surface area contributed by atoms with Crippen LogP contribution in [0.25, 0.3) is 0 Å². The fraction of sp³-hybridized carbons (Fsp3) is 0.300. The van der Waals surface area contributed by atoms with Gasteiger partial charge in [-0.05, 0) is 73.1 Å². The van der Waals surface area contributed by atoms with E-state index < -0.39 is 0 Å². The van der Waals surface area contributed by atoms with Crippen molar-refractivity contribution in [3.05, 3.63) is 70.0 Å². The lowest BCUT2D eigenvalue weighted by Crippen LogP contribution is -1.89. The van der Waals surface area contributed by atoms with E-state index in [1.807, 2.05) is 19.1 Å². The molecule has 2 atom stereocenters. The third kappa shape index (κ3) is 3.00. The second-order valence-electron chi connectivity index (χ2n) is 6.12. The molecule has 1 fully saturated rings. The van der Waals surface area contributed by atoms with Gasteiger partial charge in [-0.15, -0.1) is 0 Å². The average molecular weight is 278 g/mol. The summed E-state index contributed by atoms with van der Waals surface area (Å²) in [5, 5.41) is 0. The Hall–Kier alpha value is -2.07. The van der Waals surface area contributed by atoms with Crippen LogP contribution in [0.15, 0.2) is 36.4 Å². The zero-order valence-corrected chi connectivity index (χ0v) is 12.7. The van der Waals surface area contributed by atoms with Gasteiger partial charge in [0.2, 0.25) is 0 Å². The van der Waals surface area contributed by atoms with E-state index in [2.05, 4.69) is 37.8 Å². The Bertz CT molecular complexity index is 746. The molecular weight excluding hydrogens is 259 g/mol. The Morgan fingerprint density at radius 3 is 2.43 bits per heavy atom. The molecule has 0 aromatic heterocycles. The maximum Gasteiger partial charge on any atom is 0.139 e. The fourth-order valence-electron chi connectivity index (χ4n) is 2.79. The van der Waals surface area contributed by atoms with Crippen LogP contribution < -0.4 is 0 Å². The van der Waals surface area contributed by atoms with Crippen LogP contribution in [0.1, 0.15) is 47.1 Å². The van der Waals surface area contributed by atoms with Gasteiger partial charge in [0, 0.05) is 5.56 Å². The SMILES string of the molecule is Cc1ccc(C#Cc2ccc(C3CC3C)c(C)c2)c(F)c1. The maximum absolute atomic E-state index is 13.8. The average Bonchev–Trinajstić information content (AvgIpc) is 3.14. The Morgan fingerprint density at radius 2 is 1.81 bits per heavy atom. The first-order valence-electron chi connectivity index (χ1n) is 7.43. The highest BCUT2D eigenvalue weighted by molar-refractivity contribution is 5.47. The first-order valence-corrected chi connectivity index (χ1v) is 7.43. The molecule has 21 heavy (non-hydrogen) atoms. The Kier molecular flexibility index (Phi) is 3.55. The summed E-state index contributed by atoms with van der Waals surface area (Å²) in [6, 6.07) is 11.5. The first kappa shape index (κ1) is 13.9. The van der Waals surface area contributed by atoms with Crippen molar-refractivity contribution in [2.45, 2.75) is 33.1 Å². The Balaban J connectivity index is 1.86. The van der Waals surface area contributed by atoms with Crippen LogP contribution in [0.4, 0.5) is 4.39 Å². The first-order chi connectivity index (χ1) is 10.0. The van der Waals surface area contributed by atoms with Crippen molar-refractivity contribution >= 4 is 0 Å². The highest BCUT2D eigenvalue weighted by atomic mass is 19.1. The molecule has 0 radical (unpaired) electrons. The molecule has 106 valence electrons. The number of hydrogen-bond donors (Lipinski definition) is 0. The summed E-state index contributed by atoms with van der Waals surface area (Å²) in [7, 11) is 0. The van der Waals surface area contributed by atoms with Gasteiger partial charge in [0.15, 0.2) is 0 Å². The van der Waals surface area contributed by atoms with Crippen LogP contribution >= 0.6 is 0 Å². The second kappa shape index (κ2) is 5.37. The lowest BCUT2D eigenvalue weighted by molar-refractivity contribution is 0.623. The standard InChI is InChI=1S/C20H19F/c1-13-4-7-17(20(21)10-13)8-5-16-6-9-18(14(2)11-16)19-12-15(19)3/h4,6-7,9-11,15,19H,12H2,1-3H3. The van der Waals surface area contributed by atoms with Crippen LogP contribution in [0.3, 0.4) is 0 Å². The van der Waals surface area contributed by atoms with E-state index in [0.717, 1.165) is 23.0 Å². The smallest absolute Gasteiger partial charge is 0.139 e. The topological polar surface area (TPSA) is 0 Å². The van der Waals surface area contributed by atoms with Gasteiger partial charge in [0.05, 0.1) is 5.56 Å². The summed E-state index contributed by atoms with van der Waals surface area (Å²) in [6.07, 6.45) is 1.29. The van der Waals surface area contributed by atoms with Crippen LogP contribution in [-0.4, -0.2) is 0 Å². The summed E-state index contributed by atoms with van der Waals surface area (Å²) >= 11 is 0. The van der Waals surface area contributed by atoms with Gasteiger partial charge >= 0.3 is 0 Å². The molecule has 1 heteroatoms. The number of hydrogen-bond acceptors (Lipinski definition) is 0. The van der Waals surface area contributed by atoms with Crippen molar-refractivity contribution in [1.29, 1.82) is 0 Å². The van der Waals surface area contributed by atoms with Gasteiger partial charge in [0.25, 0.3) is 0 Å². The Labute approximate surface area is 126 Å². The molecule has 2 aromatic carbocycles. The molecule has 0 nitrogen and oxygen atoms in total. The quantitative estimate of drug-likeness (QED) is 0.646. The lowest BCUT2D eigenvalue weighted by Gasteiger charge is -2.04. The second-order valence-corrected chi connectivity index (χ2v) is 6.12. The summed E-state index contributed by atoms with van der Waals surface area (Å²) in [4.78, 5) is 0. The van der Waals surface area contributed by atoms with Crippen molar-refractivity contribution in [1.82, 2.24) is 0 Å². The van der Waals surface area contributed by atoms with Crippen molar-refractivity contribution in [3.63, 3.8) is 0 Å². The molecule has 2 unspecified atom stereocenters. The molecular formula is C20H19F. The van der Waals surface area contributed by atoms with Crippen molar-refractivity contribution in [2.24, 2.45) is 5.92 Å². The number of rotatable bonds is 1. The van der Waals surface area contributed by atoms with Gasteiger partial charge in [0.1, 0.15) is 5.82 Å². The molecule has 0 spiro atoms. The molecule has 0 heterocycles. The minimum atomic E-state index is -0.248. The predicted octanol–water partition coefficient (Wildman–Crippen LogP) is 4.97. The minimum Gasteiger partial charge on any atom is -0.206 e. The summed E-state index contributed by atoms with van der Waals surface area (Å²) in [5.41, 5.74) is 5.05. The fourth-order valence-corrected chi connectivity index (χ4v) is 2.79. The largest absolute Gasteiger partial charge is 0.206 e. The van der Waals surface area contributed by atoms with Crippen LogP contribution in [-0.2, 0) is 0 Å². The van der Waals surface area contributed by atoms with E-state index in [4.69, 9.17) is 0 Å². The zero-order valence-electron chi connectivity index (χ0n) is 12.7. The van der Waals surface area contributed by atoms with Crippen LogP contribution in [0.2, 0.25) is 0 Å². The third-order valence-electron chi connectivity index (χ3n) is 4.24. The molecule has 0 aliphatic heterocycles. The van der Waals surface area contributed by atoms with Gasteiger partial charge in [-0.25, -0.2) is 4.39 Å². The summed E-state index contributed by atoms with van der Waals surface area (Å²) in [5.74, 6) is 7.29. The van der Waals surface area contributed by atoms with E-state index in [1.54, 1.807) is 6.07 Å². The van der Waals surface area contributed by atoms with E-state index in [9.17, 15) is 4.39 Å². The number of halogens is 1. The van der Waals surface area contributed by atoms with E-state index in [-0.39, 0.29) is 5.82 Å². The van der Waals surface area contributed by atoms with E-state index >= 15 is 0 Å². The lowest BCUT2D eigenvalue weighted by atomic mass is 10.0. The minimum absolute atomic E-state index is 0.248. The summed E-state index contributed by atoms with van der Waals surface area (Å²) in [6.45, 7) is 6.30. The molecule has 1 aliphatic rings. The van der Waals surface area contributed by atoms with Crippen LogP contribution in [0.5, 0.6) is 0 Å². The highest BCUT2D eigenvalue weighted by Gasteiger charge is 2.34. The maximum atomic E-state index is 13.8. The molecule has 0 amide bonds. The van der Waals surface area contributed by atoms with Crippen molar-refractivity contribution < 1.29 is 4.39 Å². The highest BCUT2D eigenvalue weighted by Crippen LogP contribution is 2.47. The molecule has 2 aromatic rings. The third-order valence-corrected chi connectivity index (χ3v) is 4.24. The van der Waals surface area contributed by atoms with Crippen molar-refractivity contribution in [2.75, 3.05) is 0 Å². The van der Waals surface area contributed by atoms with Gasteiger partial charge < -0.3 is 0 Å². The van der Waals surface area contributed by atoms with Gasteiger partial charge in [-0.2, -0.15) is 0 Å². The van der Waals surface area contributed by atoms with Crippen LogP contribution in [0, 0.1) is 37.4 Å². The molecule has 0 bridgehead atoms. The normalized spacial score (nSPS) is 19.8. The van der Waals surface area contributed by atoms with Crippen molar-refractivity contribution in [3.8, 4) is 11.8 Å². The number of benzene rings is 2. The zero-order chi connectivity index (χ0) is 15.0. The monoisotopic (exact) mass is 278 g/mol. The van der Waals surface area contributed by atoms with Gasteiger partial charge in [-0.3, -0.25) is 0 Å². The van der Waals surface area contributed by atoms with Gasteiger partial charge in [-0.1, -0.05) is 30.9 Å². The molecule has 0 N–H and O–H groups in total. The molecule has 1 saturated carbocycles. The molecule has 3 rings (SSSR count). The number of aryl methyl sites for hydroxylation is 2. The molecule has 1 aliphatic carbocycles.